The van der Waals surface area contributed by atoms with Gasteiger partial charge in [-0.25, -0.2) is 0 Å². The van der Waals surface area contributed by atoms with E-state index in [4.69, 9.17) is 5.11 Å². The van der Waals surface area contributed by atoms with Crippen LogP contribution in [0.4, 0.5) is 0 Å². The molecule has 4 nitrogen and oxygen atoms in total. The van der Waals surface area contributed by atoms with Gasteiger partial charge in [-0.2, -0.15) is 0 Å². The molecule has 0 saturated carbocycles. The molecule has 1 aliphatic rings. The predicted octanol–water partition coefficient (Wildman–Crippen LogP) is 0.942. The minimum Gasteiger partial charge on any atom is -0.480 e. The molecule has 15 heavy (non-hydrogen) atoms. The van der Waals surface area contributed by atoms with Crippen LogP contribution in [0.1, 0.15) is 33.1 Å². The number of carboxylic acids is 1. The lowest BCUT2D eigenvalue weighted by molar-refractivity contribution is -0.144. The number of hydrogen-bond donors (Lipinski definition) is 2. The Kier molecular flexibility index (Phi) is 4.54. The second-order valence-electron chi connectivity index (χ2n) is 4.41. The molecule has 4 heteroatoms. The van der Waals surface area contributed by atoms with Crippen molar-refractivity contribution in [1.29, 1.82) is 0 Å². The van der Waals surface area contributed by atoms with E-state index < -0.39 is 12.0 Å². The molecule has 0 aromatic rings. The fraction of sp³-hybridized carbons (Fsp3) is 0.909. The van der Waals surface area contributed by atoms with Crippen LogP contribution in [0.15, 0.2) is 0 Å². The molecule has 0 radical (unpaired) electrons. The predicted molar refractivity (Wildman–Crippen MR) is 57.7 cm³/mol. The van der Waals surface area contributed by atoms with Crippen molar-refractivity contribution in [3.63, 3.8) is 0 Å². The summed E-state index contributed by atoms with van der Waals surface area (Å²) in [6.07, 6.45) is 2.46. The monoisotopic (exact) mass is 215 g/mol. The van der Waals surface area contributed by atoms with E-state index in [-0.39, 0.29) is 12.0 Å². The average Bonchev–Trinajstić information content (AvgIpc) is 2.20. The van der Waals surface area contributed by atoms with Crippen molar-refractivity contribution in [1.82, 2.24) is 4.90 Å². The van der Waals surface area contributed by atoms with Gasteiger partial charge in [0.1, 0.15) is 6.04 Å². The van der Waals surface area contributed by atoms with Crippen LogP contribution < -0.4 is 0 Å². The number of aliphatic carboxylic acids is 1. The van der Waals surface area contributed by atoms with Crippen molar-refractivity contribution in [3.8, 4) is 0 Å². The number of nitrogens with zero attached hydrogens (tertiary/aromatic N) is 1. The van der Waals surface area contributed by atoms with E-state index in [0.29, 0.717) is 19.5 Å². The minimum absolute atomic E-state index is 0.241. The van der Waals surface area contributed by atoms with E-state index in [1.54, 1.807) is 6.92 Å². The summed E-state index contributed by atoms with van der Waals surface area (Å²) in [7, 11) is 0. The van der Waals surface area contributed by atoms with Crippen LogP contribution in [0, 0.1) is 5.92 Å². The highest BCUT2D eigenvalue weighted by Gasteiger charge is 2.31. The van der Waals surface area contributed by atoms with E-state index >= 15 is 0 Å². The van der Waals surface area contributed by atoms with Crippen molar-refractivity contribution in [2.45, 2.75) is 45.3 Å². The molecule has 0 amide bonds. The molecule has 0 unspecified atom stereocenters. The summed E-state index contributed by atoms with van der Waals surface area (Å²) in [6, 6.07) is -0.433. The van der Waals surface area contributed by atoms with Crippen molar-refractivity contribution in [2.75, 3.05) is 13.1 Å². The largest absolute Gasteiger partial charge is 0.480 e. The van der Waals surface area contributed by atoms with Gasteiger partial charge in [-0.05, 0) is 25.7 Å². The van der Waals surface area contributed by atoms with Crippen LogP contribution in [0.25, 0.3) is 0 Å². The second-order valence-corrected chi connectivity index (χ2v) is 4.41. The Hall–Kier alpha value is -0.610. The zero-order valence-electron chi connectivity index (χ0n) is 9.52. The first-order valence-electron chi connectivity index (χ1n) is 5.71. The number of rotatable bonds is 4. The second kappa shape index (κ2) is 5.47. The maximum atomic E-state index is 10.8. The third-order valence-electron chi connectivity index (χ3n) is 3.29. The molecule has 0 aromatic heterocycles. The standard InChI is InChI=1S/C11H21NO3/c1-3-4-9-7-12(6-5-10(9)13)8(2)11(14)15/h8-10,13H,3-7H2,1-2H3,(H,14,15)/t8-,9+,10+/m0/s1. The van der Waals surface area contributed by atoms with Crippen molar-refractivity contribution >= 4 is 5.97 Å². The van der Waals surface area contributed by atoms with Gasteiger partial charge in [0.05, 0.1) is 6.10 Å². The van der Waals surface area contributed by atoms with E-state index in [9.17, 15) is 9.90 Å². The van der Waals surface area contributed by atoms with E-state index in [1.165, 1.54) is 0 Å². The third-order valence-corrected chi connectivity index (χ3v) is 3.29. The van der Waals surface area contributed by atoms with Crippen molar-refractivity contribution < 1.29 is 15.0 Å². The molecule has 0 spiro atoms. The molecule has 0 aromatic carbocycles. The average molecular weight is 215 g/mol. The van der Waals surface area contributed by atoms with Crippen LogP contribution in [0.2, 0.25) is 0 Å². The molecule has 1 rings (SSSR count). The molecule has 1 fully saturated rings. The van der Waals surface area contributed by atoms with Gasteiger partial charge in [0.15, 0.2) is 0 Å². The summed E-state index contributed by atoms with van der Waals surface area (Å²) >= 11 is 0. The van der Waals surface area contributed by atoms with Gasteiger partial charge in [0, 0.05) is 13.1 Å². The lowest BCUT2D eigenvalue weighted by Gasteiger charge is -2.38. The first-order chi connectivity index (χ1) is 7.06. The Bertz CT molecular complexity index is 220. The summed E-state index contributed by atoms with van der Waals surface area (Å²) in [5, 5.41) is 18.7. The fourth-order valence-corrected chi connectivity index (χ4v) is 2.21. The highest BCUT2D eigenvalue weighted by atomic mass is 16.4. The number of aliphatic hydroxyl groups excluding tert-OH is 1. The fourth-order valence-electron chi connectivity index (χ4n) is 2.21. The molecular formula is C11H21NO3. The Morgan fingerprint density at radius 3 is 2.80 bits per heavy atom. The first kappa shape index (κ1) is 12.5. The van der Waals surface area contributed by atoms with Crippen LogP contribution >= 0.6 is 0 Å². The van der Waals surface area contributed by atoms with Crippen LogP contribution in [0.5, 0.6) is 0 Å². The maximum Gasteiger partial charge on any atom is 0.320 e. The van der Waals surface area contributed by atoms with Gasteiger partial charge in [0.25, 0.3) is 0 Å². The number of aliphatic hydroxyl groups is 1. The number of likely N-dealkylation sites (tertiary alicyclic amines) is 1. The van der Waals surface area contributed by atoms with Gasteiger partial charge >= 0.3 is 5.97 Å². The first-order valence-corrected chi connectivity index (χ1v) is 5.71. The molecule has 1 aliphatic heterocycles. The van der Waals surface area contributed by atoms with Gasteiger partial charge in [0.2, 0.25) is 0 Å². The van der Waals surface area contributed by atoms with Gasteiger partial charge < -0.3 is 10.2 Å². The van der Waals surface area contributed by atoms with Crippen LogP contribution in [0.3, 0.4) is 0 Å². The zero-order chi connectivity index (χ0) is 11.4. The lowest BCUT2D eigenvalue weighted by Crippen LogP contribution is -2.49. The molecule has 88 valence electrons. The SMILES string of the molecule is CCC[C@@H]1CN([C@@H](C)C(=O)O)CC[C@H]1O. The number of carboxylic acid groups (broad SMARTS) is 1. The topological polar surface area (TPSA) is 60.8 Å². The molecule has 0 aliphatic carbocycles. The summed E-state index contributed by atoms with van der Waals surface area (Å²) < 4.78 is 0. The molecule has 0 bridgehead atoms. The van der Waals surface area contributed by atoms with Gasteiger partial charge in [-0.3, -0.25) is 9.69 Å². The number of piperidine rings is 1. The highest BCUT2D eigenvalue weighted by Crippen LogP contribution is 2.22. The van der Waals surface area contributed by atoms with Gasteiger partial charge in [-0.15, -0.1) is 0 Å². The Morgan fingerprint density at radius 2 is 2.27 bits per heavy atom. The summed E-state index contributed by atoms with van der Waals surface area (Å²) in [5.41, 5.74) is 0. The summed E-state index contributed by atoms with van der Waals surface area (Å²) in [4.78, 5) is 12.8. The maximum absolute atomic E-state index is 10.8. The van der Waals surface area contributed by atoms with E-state index in [0.717, 1.165) is 12.8 Å². The Balaban J connectivity index is 2.53. The van der Waals surface area contributed by atoms with Crippen molar-refractivity contribution in [2.24, 2.45) is 5.92 Å². The van der Waals surface area contributed by atoms with Crippen molar-refractivity contribution in [3.05, 3.63) is 0 Å². The summed E-state index contributed by atoms with van der Waals surface area (Å²) in [6.45, 7) is 5.20. The quantitative estimate of drug-likeness (QED) is 0.732. The smallest absolute Gasteiger partial charge is 0.320 e. The van der Waals surface area contributed by atoms with E-state index in [1.807, 2.05) is 4.90 Å². The third kappa shape index (κ3) is 3.18. The molecule has 1 heterocycles. The van der Waals surface area contributed by atoms with Crippen LogP contribution in [-0.2, 0) is 4.79 Å². The van der Waals surface area contributed by atoms with Gasteiger partial charge in [-0.1, -0.05) is 13.3 Å². The molecule has 1 saturated heterocycles. The molecule has 3 atom stereocenters. The Morgan fingerprint density at radius 1 is 1.60 bits per heavy atom. The number of carbonyl (C=O) groups is 1. The van der Waals surface area contributed by atoms with Crippen LogP contribution in [-0.4, -0.2) is 46.3 Å². The zero-order valence-corrected chi connectivity index (χ0v) is 9.52. The lowest BCUT2D eigenvalue weighted by atomic mass is 9.90. The van der Waals surface area contributed by atoms with E-state index in [2.05, 4.69) is 6.92 Å². The number of hydrogen-bond acceptors (Lipinski definition) is 3. The Labute approximate surface area is 90.9 Å². The normalized spacial score (nSPS) is 30.1. The highest BCUT2D eigenvalue weighted by molar-refractivity contribution is 5.72. The molecule has 2 N–H and O–H groups in total. The summed E-state index contributed by atoms with van der Waals surface area (Å²) in [5.74, 6) is -0.535. The minimum atomic E-state index is -0.776. The molecular weight excluding hydrogens is 194 g/mol.